The first-order valence-electron chi connectivity index (χ1n) is 8.87. The minimum atomic E-state index is -0.740. The largest absolute Gasteiger partial charge is 0.436 e. The highest BCUT2D eigenvalue weighted by atomic mass is 16.4. The second kappa shape index (κ2) is 7.23. The zero-order chi connectivity index (χ0) is 18.1. The van der Waals surface area contributed by atoms with Crippen molar-refractivity contribution in [1.82, 2.24) is 14.8 Å². The number of carbonyl (C=O) groups excluding carboxylic acids is 1. The summed E-state index contributed by atoms with van der Waals surface area (Å²) in [5.74, 6) is 0.814. The molecule has 0 spiro atoms. The van der Waals surface area contributed by atoms with Gasteiger partial charge in [-0.2, -0.15) is 0 Å². The molecule has 136 valence electrons. The van der Waals surface area contributed by atoms with E-state index in [0.29, 0.717) is 30.4 Å². The van der Waals surface area contributed by atoms with Crippen LogP contribution in [0.2, 0.25) is 0 Å². The molecule has 1 aromatic heterocycles. The number of rotatable bonds is 5. The van der Waals surface area contributed by atoms with Crippen LogP contribution in [0.3, 0.4) is 0 Å². The molecular weight excluding hydrogens is 306 g/mol. The van der Waals surface area contributed by atoms with Crippen molar-refractivity contribution < 1.29 is 14.3 Å². The summed E-state index contributed by atoms with van der Waals surface area (Å²) in [6.07, 6.45) is 1.81. The van der Waals surface area contributed by atoms with Crippen LogP contribution in [0.25, 0.3) is 0 Å². The Morgan fingerprint density at radius 3 is 2.33 bits per heavy atom. The molecule has 1 amide bonds. The van der Waals surface area contributed by atoms with Crippen LogP contribution >= 0.6 is 0 Å². The van der Waals surface area contributed by atoms with Crippen molar-refractivity contribution in [3.63, 3.8) is 0 Å². The molecule has 0 unspecified atom stereocenters. The molecule has 0 saturated carbocycles. The van der Waals surface area contributed by atoms with E-state index in [-0.39, 0.29) is 18.0 Å². The molecule has 0 bridgehead atoms. The normalized spacial score (nSPS) is 22.9. The monoisotopic (exact) mass is 337 g/mol. The number of hydrogen-bond donors (Lipinski definition) is 1. The highest BCUT2D eigenvalue weighted by Gasteiger charge is 2.38. The van der Waals surface area contributed by atoms with E-state index in [1.165, 1.54) is 0 Å². The number of hydrogen-bond acceptors (Lipinski definition) is 5. The van der Waals surface area contributed by atoms with Gasteiger partial charge in [0.2, 0.25) is 5.76 Å². The van der Waals surface area contributed by atoms with Crippen LogP contribution in [0.5, 0.6) is 0 Å². The van der Waals surface area contributed by atoms with Crippen LogP contribution in [0.1, 0.15) is 62.7 Å². The SMILES string of the molecule is CC[C@H]1CN(C(=O)c2oc(C)nc2C)[C@@H](CC)CN1CC(C)(C)O. The third-order valence-electron chi connectivity index (χ3n) is 4.70. The molecule has 1 aliphatic rings. The predicted molar refractivity (Wildman–Crippen MR) is 93.0 cm³/mol. The molecule has 1 N–H and O–H groups in total. The van der Waals surface area contributed by atoms with Crippen molar-refractivity contribution >= 4 is 5.91 Å². The summed E-state index contributed by atoms with van der Waals surface area (Å²) in [6.45, 7) is 13.5. The summed E-state index contributed by atoms with van der Waals surface area (Å²) < 4.78 is 5.54. The van der Waals surface area contributed by atoms with E-state index in [1.54, 1.807) is 6.92 Å². The van der Waals surface area contributed by atoms with Crippen molar-refractivity contribution in [2.24, 2.45) is 0 Å². The van der Waals surface area contributed by atoms with Crippen LogP contribution in [0.4, 0.5) is 0 Å². The Hall–Kier alpha value is -1.40. The van der Waals surface area contributed by atoms with E-state index in [9.17, 15) is 9.90 Å². The van der Waals surface area contributed by atoms with E-state index in [2.05, 4.69) is 23.7 Å². The lowest BCUT2D eigenvalue weighted by atomic mass is 9.99. The Labute approximate surface area is 144 Å². The molecule has 2 atom stereocenters. The smallest absolute Gasteiger partial charge is 0.291 e. The molecule has 6 heteroatoms. The first-order valence-corrected chi connectivity index (χ1v) is 8.87. The minimum Gasteiger partial charge on any atom is -0.436 e. The molecule has 0 aromatic carbocycles. The van der Waals surface area contributed by atoms with Crippen LogP contribution in [-0.4, -0.2) is 63.1 Å². The van der Waals surface area contributed by atoms with Crippen molar-refractivity contribution in [1.29, 1.82) is 0 Å². The van der Waals surface area contributed by atoms with Gasteiger partial charge in [0.25, 0.3) is 5.91 Å². The van der Waals surface area contributed by atoms with Gasteiger partial charge in [0.1, 0.15) is 0 Å². The minimum absolute atomic E-state index is 0.0682. The van der Waals surface area contributed by atoms with Crippen LogP contribution < -0.4 is 0 Å². The molecule has 1 aromatic rings. The van der Waals surface area contributed by atoms with Gasteiger partial charge in [-0.15, -0.1) is 0 Å². The standard InChI is InChI=1S/C18H31N3O3/c1-7-14-10-21(17(22)16-12(3)19-13(4)24-16)15(8-2)9-20(14)11-18(5,6)23/h14-15,23H,7-11H2,1-6H3/t14-,15-/m0/s1. The van der Waals surface area contributed by atoms with Gasteiger partial charge in [-0.1, -0.05) is 13.8 Å². The average Bonchev–Trinajstić information content (AvgIpc) is 2.83. The Kier molecular flexibility index (Phi) is 5.71. The van der Waals surface area contributed by atoms with Gasteiger partial charge in [-0.25, -0.2) is 4.98 Å². The van der Waals surface area contributed by atoms with E-state index in [0.717, 1.165) is 19.4 Å². The second-order valence-electron chi connectivity index (χ2n) is 7.47. The molecule has 24 heavy (non-hydrogen) atoms. The van der Waals surface area contributed by atoms with Gasteiger partial charge in [0.15, 0.2) is 5.89 Å². The second-order valence-corrected chi connectivity index (χ2v) is 7.47. The van der Waals surface area contributed by atoms with Crippen LogP contribution in [0.15, 0.2) is 4.42 Å². The molecule has 0 aliphatic carbocycles. The molecule has 2 rings (SSSR count). The van der Waals surface area contributed by atoms with Crippen molar-refractivity contribution in [2.45, 2.75) is 72.1 Å². The molecule has 2 heterocycles. The fourth-order valence-corrected chi connectivity index (χ4v) is 3.55. The Balaban J connectivity index is 2.22. The van der Waals surface area contributed by atoms with E-state index in [1.807, 2.05) is 25.7 Å². The fraction of sp³-hybridized carbons (Fsp3) is 0.778. The van der Waals surface area contributed by atoms with E-state index < -0.39 is 5.60 Å². The Bertz CT molecular complexity index is 577. The highest BCUT2D eigenvalue weighted by molar-refractivity contribution is 5.92. The molecule has 0 radical (unpaired) electrons. The first-order chi connectivity index (χ1) is 11.2. The van der Waals surface area contributed by atoms with E-state index in [4.69, 9.17) is 4.42 Å². The fourth-order valence-electron chi connectivity index (χ4n) is 3.55. The zero-order valence-corrected chi connectivity index (χ0v) is 15.8. The lowest BCUT2D eigenvalue weighted by Gasteiger charge is -2.47. The van der Waals surface area contributed by atoms with Gasteiger partial charge < -0.3 is 14.4 Å². The third kappa shape index (κ3) is 4.16. The van der Waals surface area contributed by atoms with Gasteiger partial charge in [0.05, 0.1) is 11.3 Å². The van der Waals surface area contributed by atoms with Crippen molar-refractivity contribution in [3.05, 3.63) is 17.3 Å². The lowest BCUT2D eigenvalue weighted by molar-refractivity contribution is -0.0245. The van der Waals surface area contributed by atoms with E-state index >= 15 is 0 Å². The first kappa shape index (κ1) is 18.9. The predicted octanol–water partition coefficient (Wildman–Crippen LogP) is 2.38. The summed E-state index contributed by atoms with van der Waals surface area (Å²) in [5.41, 5.74) is -0.0874. The van der Waals surface area contributed by atoms with Crippen LogP contribution in [-0.2, 0) is 0 Å². The van der Waals surface area contributed by atoms with Gasteiger partial charge in [-0.05, 0) is 33.6 Å². The average molecular weight is 337 g/mol. The summed E-state index contributed by atoms with van der Waals surface area (Å²) in [5, 5.41) is 10.2. The zero-order valence-electron chi connectivity index (χ0n) is 15.8. The third-order valence-corrected chi connectivity index (χ3v) is 4.70. The molecule has 1 aliphatic heterocycles. The molecular formula is C18H31N3O3. The van der Waals surface area contributed by atoms with Gasteiger partial charge in [0, 0.05) is 38.6 Å². The maximum Gasteiger partial charge on any atom is 0.291 e. The maximum atomic E-state index is 13.0. The van der Waals surface area contributed by atoms with Crippen molar-refractivity contribution in [2.75, 3.05) is 19.6 Å². The molecule has 1 saturated heterocycles. The Morgan fingerprint density at radius 2 is 1.88 bits per heavy atom. The Morgan fingerprint density at radius 1 is 1.25 bits per heavy atom. The number of amides is 1. The van der Waals surface area contributed by atoms with Gasteiger partial charge >= 0.3 is 0 Å². The number of carbonyl (C=O) groups is 1. The maximum absolute atomic E-state index is 13.0. The number of nitrogens with zero attached hydrogens (tertiary/aromatic N) is 3. The number of β-amino-alcohol motifs (C(OH)–C–C–N with tert-alkyl or cyclic N) is 1. The number of aromatic nitrogens is 1. The lowest BCUT2D eigenvalue weighted by Crippen LogP contribution is -2.61. The number of oxazole rings is 1. The summed E-state index contributed by atoms with van der Waals surface area (Å²) in [4.78, 5) is 21.5. The molecule has 6 nitrogen and oxygen atoms in total. The summed E-state index contributed by atoms with van der Waals surface area (Å²) in [6, 6.07) is 0.361. The van der Waals surface area contributed by atoms with Gasteiger partial charge in [-0.3, -0.25) is 9.69 Å². The number of piperazine rings is 1. The number of aryl methyl sites for hydroxylation is 2. The topological polar surface area (TPSA) is 69.8 Å². The van der Waals surface area contributed by atoms with Crippen molar-refractivity contribution in [3.8, 4) is 0 Å². The highest BCUT2D eigenvalue weighted by Crippen LogP contribution is 2.24. The van der Waals surface area contributed by atoms with Crippen LogP contribution in [0, 0.1) is 13.8 Å². The summed E-state index contributed by atoms with van der Waals surface area (Å²) >= 11 is 0. The summed E-state index contributed by atoms with van der Waals surface area (Å²) in [7, 11) is 0. The number of aliphatic hydroxyl groups is 1. The quantitative estimate of drug-likeness (QED) is 0.893. The molecule has 1 fully saturated rings.